The average Bonchev–Trinajstić information content (AvgIpc) is 2.68. The molecule has 0 aromatic heterocycles. The number of alkyl halides is 3. The van der Waals surface area contributed by atoms with Gasteiger partial charge >= 0.3 is 5.97 Å². The zero-order chi connectivity index (χ0) is 21.4. The molecule has 0 aliphatic carbocycles. The van der Waals surface area contributed by atoms with Crippen molar-refractivity contribution in [2.75, 3.05) is 11.9 Å². The first-order valence-corrected chi connectivity index (χ1v) is 10.0. The van der Waals surface area contributed by atoms with Gasteiger partial charge in [-0.3, -0.25) is 4.79 Å². The largest absolute Gasteiger partial charge is 0.462 e. The molecular weight excluding hydrogens is 457 g/mol. The third-order valence-electron chi connectivity index (χ3n) is 3.58. The van der Waals surface area contributed by atoms with Crippen LogP contribution in [0.3, 0.4) is 0 Å². The Bertz CT molecular complexity index is 876. The van der Waals surface area contributed by atoms with Gasteiger partial charge in [0.2, 0.25) is 3.79 Å². The monoisotopic (exact) mass is 473 g/mol. The highest BCUT2D eigenvalue weighted by atomic mass is 35.6. The van der Waals surface area contributed by atoms with E-state index in [1.165, 1.54) is 0 Å². The second-order valence-electron chi connectivity index (χ2n) is 5.68. The molecule has 3 N–H and O–H groups in total. The molecule has 6 nitrogen and oxygen atoms in total. The van der Waals surface area contributed by atoms with Gasteiger partial charge in [0, 0.05) is 5.56 Å². The first kappa shape index (κ1) is 23.2. The summed E-state index contributed by atoms with van der Waals surface area (Å²) in [5.74, 6) is -0.960. The summed E-state index contributed by atoms with van der Waals surface area (Å²) in [4.78, 5) is 24.5. The number of anilines is 1. The number of carbonyl (C=O) groups is 2. The molecule has 0 aliphatic rings. The van der Waals surface area contributed by atoms with Gasteiger partial charge in [0.15, 0.2) is 5.11 Å². The van der Waals surface area contributed by atoms with E-state index in [-0.39, 0.29) is 17.3 Å². The van der Waals surface area contributed by atoms with Crippen LogP contribution in [0.15, 0.2) is 54.6 Å². The van der Waals surface area contributed by atoms with Crippen molar-refractivity contribution in [2.45, 2.75) is 16.9 Å². The summed E-state index contributed by atoms with van der Waals surface area (Å²) in [6.07, 6.45) is -1.14. The summed E-state index contributed by atoms with van der Waals surface area (Å²) >= 11 is 23.2. The number of thiocarbonyl (C=S) groups is 1. The van der Waals surface area contributed by atoms with Crippen molar-refractivity contribution in [1.29, 1.82) is 0 Å². The number of carbonyl (C=O) groups excluding carboxylic acids is 2. The number of benzene rings is 2. The quantitative estimate of drug-likeness (QED) is 0.251. The lowest BCUT2D eigenvalue weighted by Gasteiger charge is -2.28. The Balaban J connectivity index is 2.12. The third kappa shape index (κ3) is 7.04. The normalized spacial score (nSPS) is 11.9. The minimum Gasteiger partial charge on any atom is -0.462 e. The predicted molar refractivity (Wildman–Crippen MR) is 120 cm³/mol. The highest BCUT2D eigenvalue weighted by molar-refractivity contribution is 7.80. The van der Waals surface area contributed by atoms with Crippen LogP contribution in [-0.2, 0) is 4.74 Å². The second-order valence-corrected chi connectivity index (χ2v) is 8.46. The van der Waals surface area contributed by atoms with Crippen molar-refractivity contribution in [3.05, 3.63) is 65.7 Å². The maximum atomic E-state index is 12.4. The Hall–Kier alpha value is -2.06. The van der Waals surface area contributed by atoms with E-state index in [1.54, 1.807) is 61.5 Å². The van der Waals surface area contributed by atoms with Crippen LogP contribution in [0.4, 0.5) is 5.69 Å². The number of rotatable bonds is 6. The molecule has 0 saturated heterocycles. The average molecular weight is 475 g/mol. The number of hydrogen-bond donors (Lipinski definition) is 3. The van der Waals surface area contributed by atoms with E-state index in [2.05, 4.69) is 16.0 Å². The van der Waals surface area contributed by atoms with Crippen LogP contribution in [0.5, 0.6) is 0 Å². The summed E-state index contributed by atoms with van der Waals surface area (Å²) in [6, 6.07) is 15.1. The SMILES string of the molecule is CCOC(=O)c1ccccc1NC(=S)NC(NC(=O)c1ccccc1)C(Cl)(Cl)Cl. The van der Waals surface area contributed by atoms with Gasteiger partial charge in [-0.05, 0) is 43.4 Å². The Labute approximate surface area is 188 Å². The van der Waals surface area contributed by atoms with Crippen LogP contribution >= 0.6 is 47.0 Å². The lowest BCUT2D eigenvalue weighted by atomic mass is 10.2. The first-order chi connectivity index (χ1) is 13.7. The number of halogens is 3. The maximum absolute atomic E-state index is 12.4. The minimum atomic E-state index is -1.91. The molecule has 1 amide bonds. The number of hydrogen-bond acceptors (Lipinski definition) is 4. The zero-order valence-electron chi connectivity index (χ0n) is 15.2. The van der Waals surface area contributed by atoms with Gasteiger partial charge in [0.05, 0.1) is 17.9 Å². The first-order valence-electron chi connectivity index (χ1n) is 8.48. The third-order valence-corrected chi connectivity index (χ3v) is 4.46. The summed E-state index contributed by atoms with van der Waals surface area (Å²) < 4.78 is 3.12. The number of para-hydroxylation sites is 1. The second kappa shape index (κ2) is 10.6. The standard InChI is InChI=1S/C19H18Cl3N3O3S/c1-2-28-16(27)13-10-6-7-11-14(13)23-18(29)25-17(19(20,21)22)24-15(26)12-8-4-3-5-9-12/h3-11,17H,2H2,1H3,(H,24,26)(H2,23,25,29). The fraction of sp³-hybridized carbons (Fsp3) is 0.211. The van der Waals surface area contributed by atoms with Gasteiger partial charge in [0.25, 0.3) is 5.91 Å². The number of ether oxygens (including phenoxy) is 1. The van der Waals surface area contributed by atoms with Gasteiger partial charge in [-0.25, -0.2) is 4.79 Å². The van der Waals surface area contributed by atoms with Crippen LogP contribution in [0.2, 0.25) is 0 Å². The highest BCUT2D eigenvalue weighted by Crippen LogP contribution is 2.29. The summed E-state index contributed by atoms with van der Waals surface area (Å²) in [5.41, 5.74) is 1.08. The van der Waals surface area contributed by atoms with E-state index in [1.807, 2.05) is 0 Å². The van der Waals surface area contributed by atoms with E-state index < -0.39 is 21.8 Å². The van der Waals surface area contributed by atoms with Gasteiger partial charge in [-0.1, -0.05) is 65.1 Å². The minimum absolute atomic E-state index is 0.0337. The molecule has 2 rings (SSSR count). The number of nitrogens with one attached hydrogen (secondary N) is 3. The van der Waals surface area contributed by atoms with Crippen molar-refractivity contribution in [3.8, 4) is 0 Å². The van der Waals surface area contributed by atoms with Crippen molar-refractivity contribution in [2.24, 2.45) is 0 Å². The van der Waals surface area contributed by atoms with Crippen molar-refractivity contribution in [3.63, 3.8) is 0 Å². The summed E-state index contributed by atoms with van der Waals surface area (Å²) in [5, 5.41) is 8.22. The van der Waals surface area contributed by atoms with Crippen LogP contribution < -0.4 is 16.0 Å². The molecule has 0 spiro atoms. The van der Waals surface area contributed by atoms with E-state index in [9.17, 15) is 9.59 Å². The van der Waals surface area contributed by atoms with Gasteiger partial charge in [-0.2, -0.15) is 0 Å². The fourth-order valence-corrected chi connectivity index (χ4v) is 2.83. The molecule has 2 aromatic rings. The molecule has 2 aromatic carbocycles. The topological polar surface area (TPSA) is 79.5 Å². The van der Waals surface area contributed by atoms with E-state index >= 15 is 0 Å². The molecule has 1 unspecified atom stereocenters. The zero-order valence-corrected chi connectivity index (χ0v) is 18.3. The fourth-order valence-electron chi connectivity index (χ4n) is 2.27. The number of amides is 1. The highest BCUT2D eigenvalue weighted by Gasteiger charge is 2.35. The maximum Gasteiger partial charge on any atom is 0.340 e. The Morgan fingerprint density at radius 1 is 1.03 bits per heavy atom. The molecule has 10 heteroatoms. The smallest absolute Gasteiger partial charge is 0.340 e. The Morgan fingerprint density at radius 3 is 2.28 bits per heavy atom. The van der Waals surface area contributed by atoms with E-state index in [0.717, 1.165) is 0 Å². The summed E-state index contributed by atoms with van der Waals surface area (Å²) in [7, 11) is 0. The van der Waals surface area contributed by atoms with E-state index in [0.29, 0.717) is 11.3 Å². The summed E-state index contributed by atoms with van der Waals surface area (Å²) in [6.45, 7) is 1.94. The molecule has 1 atom stereocenters. The molecule has 0 fully saturated rings. The molecule has 0 radical (unpaired) electrons. The molecule has 0 bridgehead atoms. The Morgan fingerprint density at radius 2 is 1.66 bits per heavy atom. The lowest BCUT2D eigenvalue weighted by Crippen LogP contribution is -2.56. The van der Waals surface area contributed by atoms with Crippen LogP contribution in [-0.4, -0.2) is 33.6 Å². The molecule has 0 saturated carbocycles. The van der Waals surface area contributed by atoms with Gasteiger partial charge < -0.3 is 20.7 Å². The van der Waals surface area contributed by atoms with Crippen LogP contribution in [0.1, 0.15) is 27.6 Å². The lowest BCUT2D eigenvalue weighted by molar-refractivity contribution is 0.0527. The molecule has 0 heterocycles. The molecule has 29 heavy (non-hydrogen) atoms. The number of esters is 1. The molecule has 0 aliphatic heterocycles. The molecule has 154 valence electrons. The van der Waals surface area contributed by atoms with Crippen LogP contribution in [0.25, 0.3) is 0 Å². The Kier molecular flexibility index (Phi) is 8.52. The van der Waals surface area contributed by atoms with Gasteiger partial charge in [0.1, 0.15) is 6.17 Å². The van der Waals surface area contributed by atoms with Crippen LogP contribution in [0, 0.1) is 0 Å². The van der Waals surface area contributed by atoms with E-state index in [4.69, 9.17) is 51.8 Å². The molecular formula is C19H18Cl3N3O3S. The van der Waals surface area contributed by atoms with Gasteiger partial charge in [-0.15, -0.1) is 0 Å². The van der Waals surface area contributed by atoms with Crippen molar-refractivity contribution >= 4 is 69.7 Å². The predicted octanol–water partition coefficient (Wildman–Crippen LogP) is 4.28. The van der Waals surface area contributed by atoms with Crippen molar-refractivity contribution < 1.29 is 14.3 Å². The van der Waals surface area contributed by atoms with Crippen molar-refractivity contribution in [1.82, 2.24) is 10.6 Å².